The molecule has 0 aliphatic carbocycles. The smallest absolute Gasteiger partial charge is 0.315 e. The van der Waals surface area contributed by atoms with Gasteiger partial charge < -0.3 is 15.2 Å². The number of carbonyl (C=O) groups excluding carboxylic acids is 1. The average molecular weight is 315 g/mol. The highest BCUT2D eigenvalue weighted by Crippen LogP contribution is 2.29. The first-order valence-electron chi connectivity index (χ1n) is 7.70. The Labute approximate surface area is 135 Å². The monoisotopic (exact) mass is 315 g/mol. The molecule has 7 nitrogen and oxygen atoms in total. The SMILES string of the molecule is Cc1noc([C@@H]2C[C@H](NC(=O)NCc3ccccc3)CN2C)n1. The fourth-order valence-electron chi connectivity index (χ4n) is 2.86. The van der Waals surface area contributed by atoms with E-state index >= 15 is 0 Å². The van der Waals surface area contributed by atoms with Crippen molar-refractivity contribution in [2.45, 2.75) is 32.0 Å². The lowest BCUT2D eigenvalue weighted by molar-refractivity contribution is 0.236. The van der Waals surface area contributed by atoms with Crippen LogP contribution in [0.1, 0.15) is 29.7 Å². The van der Waals surface area contributed by atoms with E-state index in [-0.39, 0.29) is 18.1 Å². The second-order valence-corrected chi connectivity index (χ2v) is 5.88. The molecule has 23 heavy (non-hydrogen) atoms. The second kappa shape index (κ2) is 6.78. The summed E-state index contributed by atoms with van der Waals surface area (Å²) in [5.74, 6) is 1.24. The van der Waals surface area contributed by atoms with Gasteiger partial charge in [0.15, 0.2) is 5.82 Å². The summed E-state index contributed by atoms with van der Waals surface area (Å²) in [6, 6.07) is 9.79. The van der Waals surface area contributed by atoms with Gasteiger partial charge in [0.25, 0.3) is 0 Å². The van der Waals surface area contributed by atoms with E-state index in [2.05, 4.69) is 25.7 Å². The lowest BCUT2D eigenvalue weighted by Gasteiger charge is -2.14. The van der Waals surface area contributed by atoms with Crippen molar-refractivity contribution >= 4 is 6.03 Å². The third kappa shape index (κ3) is 3.87. The molecule has 1 fully saturated rings. The molecule has 0 radical (unpaired) electrons. The van der Waals surface area contributed by atoms with E-state index in [1.807, 2.05) is 37.4 Å². The normalized spacial score (nSPS) is 21.3. The number of aromatic nitrogens is 2. The van der Waals surface area contributed by atoms with Gasteiger partial charge in [-0.25, -0.2) is 4.79 Å². The van der Waals surface area contributed by atoms with Gasteiger partial charge >= 0.3 is 6.03 Å². The summed E-state index contributed by atoms with van der Waals surface area (Å²) in [6.07, 6.45) is 0.761. The number of nitrogens with zero attached hydrogens (tertiary/aromatic N) is 3. The zero-order chi connectivity index (χ0) is 16.2. The van der Waals surface area contributed by atoms with Crippen molar-refractivity contribution in [2.75, 3.05) is 13.6 Å². The van der Waals surface area contributed by atoms with Crippen LogP contribution in [-0.4, -0.2) is 40.7 Å². The van der Waals surface area contributed by atoms with Gasteiger partial charge in [0, 0.05) is 19.1 Å². The minimum Gasteiger partial charge on any atom is -0.338 e. The Morgan fingerprint density at radius 3 is 2.87 bits per heavy atom. The molecule has 1 saturated heterocycles. The van der Waals surface area contributed by atoms with Crippen molar-refractivity contribution in [2.24, 2.45) is 0 Å². The Morgan fingerprint density at radius 1 is 1.39 bits per heavy atom. The molecular formula is C16H21N5O2. The molecule has 122 valence electrons. The van der Waals surface area contributed by atoms with E-state index in [1.54, 1.807) is 6.92 Å². The number of likely N-dealkylation sites (N-methyl/N-ethyl adjacent to an activating group) is 1. The molecule has 0 unspecified atom stereocenters. The van der Waals surface area contributed by atoms with Gasteiger partial charge in [-0.05, 0) is 26.0 Å². The molecule has 2 N–H and O–H groups in total. The Balaban J connectivity index is 1.50. The maximum absolute atomic E-state index is 12.0. The molecule has 2 aromatic rings. The van der Waals surface area contributed by atoms with Crippen LogP contribution in [0.15, 0.2) is 34.9 Å². The molecule has 2 amide bonds. The number of aryl methyl sites for hydroxylation is 1. The number of carbonyl (C=O) groups is 1. The summed E-state index contributed by atoms with van der Waals surface area (Å²) in [7, 11) is 1.99. The Hall–Kier alpha value is -2.41. The molecule has 1 aliphatic heterocycles. The standard InChI is InChI=1S/C16H21N5O2/c1-11-18-15(23-20-11)14-8-13(10-21(14)2)19-16(22)17-9-12-6-4-3-5-7-12/h3-7,13-14H,8-10H2,1-2H3,(H2,17,19,22)/t13-,14-/m0/s1. The van der Waals surface area contributed by atoms with Crippen molar-refractivity contribution in [3.8, 4) is 0 Å². The van der Waals surface area contributed by atoms with Gasteiger partial charge in [-0.1, -0.05) is 35.5 Å². The van der Waals surface area contributed by atoms with Crippen molar-refractivity contribution in [3.05, 3.63) is 47.6 Å². The first-order valence-corrected chi connectivity index (χ1v) is 7.70. The quantitative estimate of drug-likeness (QED) is 0.896. The van der Waals surface area contributed by atoms with Crippen LogP contribution < -0.4 is 10.6 Å². The summed E-state index contributed by atoms with van der Waals surface area (Å²) in [5, 5.41) is 9.72. The van der Waals surface area contributed by atoms with Gasteiger partial charge in [0.1, 0.15) is 0 Å². The number of benzene rings is 1. The van der Waals surface area contributed by atoms with Crippen molar-refractivity contribution in [1.82, 2.24) is 25.7 Å². The highest BCUT2D eigenvalue weighted by atomic mass is 16.5. The Morgan fingerprint density at radius 2 is 2.17 bits per heavy atom. The zero-order valence-corrected chi connectivity index (χ0v) is 13.3. The lowest BCUT2D eigenvalue weighted by atomic mass is 10.1. The average Bonchev–Trinajstić information content (AvgIpc) is 3.12. The third-order valence-electron chi connectivity index (χ3n) is 4.01. The van der Waals surface area contributed by atoms with Crippen LogP contribution in [0.2, 0.25) is 0 Å². The first kappa shape index (κ1) is 15.5. The number of hydrogen-bond donors (Lipinski definition) is 2. The lowest BCUT2D eigenvalue weighted by Crippen LogP contribution is -2.42. The van der Waals surface area contributed by atoms with Crippen LogP contribution in [0.5, 0.6) is 0 Å². The maximum atomic E-state index is 12.0. The predicted molar refractivity (Wildman–Crippen MR) is 84.6 cm³/mol. The van der Waals surface area contributed by atoms with Crippen LogP contribution in [-0.2, 0) is 6.54 Å². The van der Waals surface area contributed by atoms with Gasteiger partial charge in [-0.15, -0.1) is 0 Å². The van der Waals surface area contributed by atoms with Crippen molar-refractivity contribution in [3.63, 3.8) is 0 Å². The van der Waals surface area contributed by atoms with E-state index < -0.39 is 0 Å². The number of nitrogens with one attached hydrogen (secondary N) is 2. The predicted octanol–water partition coefficient (Wildman–Crippen LogP) is 1.62. The molecule has 2 heterocycles. The number of likely N-dealkylation sites (tertiary alicyclic amines) is 1. The van der Waals surface area contributed by atoms with Crippen molar-refractivity contribution in [1.29, 1.82) is 0 Å². The fraction of sp³-hybridized carbons (Fsp3) is 0.438. The largest absolute Gasteiger partial charge is 0.338 e. The first-order chi connectivity index (χ1) is 11.1. The minimum absolute atomic E-state index is 0.0515. The molecule has 0 bridgehead atoms. The molecule has 0 saturated carbocycles. The van der Waals surface area contributed by atoms with Gasteiger partial charge in [-0.2, -0.15) is 4.98 Å². The second-order valence-electron chi connectivity index (χ2n) is 5.88. The number of hydrogen-bond acceptors (Lipinski definition) is 5. The highest BCUT2D eigenvalue weighted by Gasteiger charge is 2.34. The van der Waals surface area contributed by atoms with E-state index in [9.17, 15) is 4.79 Å². The molecular weight excluding hydrogens is 294 g/mol. The minimum atomic E-state index is -0.158. The van der Waals surface area contributed by atoms with Crippen LogP contribution >= 0.6 is 0 Å². The van der Waals surface area contributed by atoms with Crippen molar-refractivity contribution < 1.29 is 9.32 Å². The van der Waals surface area contributed by atoms with Crippen LogP contribution in [0, 0.1) is 6.92 Å². The van der Waals surface area contributed by atoms with E-state index in [4.69, 9.17) is 4.52 Å². The molecule has 1 aromatic carbocycles. The summed E-state index contributed by atoms with van der Waals surface area (Å²) in [4.78, 5) is 18.4. The van der Waals surface area contributed by atoms with Crippen LogP contribution in [0.4, 0.5) is 4.79 Å². The summed E-state index contributed by atoms with van der Waals surface area (Å²) in [6.45, 7) is 3.07. The fourth-order valence-corrected chi connectivity index (χ4v) is 2.86. The molecule has 7 heteroatoms. The zero-order valence-electron chi connectivity index (χ0n) is 13.3. The number of urea groups is 1. The van der Waals surface area contributed by atoms with E-state index in [0.717, 1.165) is 18.5 Å². The van der Waals surface area contributed by atoms with Gasteiger partial charge in [0.05, 0.1) is 6.04 Å². The summed E-state index contributed by atoms with van der Waals surface area (Å²) < 4.78 is 5.25. The summed E-state index contributed by atoms with van der Waals surface area (Å²) in [5.41, 5.74) is 1.07. The van der Waals surface area contributed by atoms with Crippen LogP contribution in [0.3, 0.4) is 0 Å². The topological polar surface area (TPSA) is 83.3 Å². The van der Waals surface area contributed by atoms with E-state index in [0.29, 0.717) is 18.3 Å². The highest BCUT2D eigenvalue weighted by molar-refractivity contribution is 5.74. The summed E-state index contributed by atoms with van der Waals surface area (Å²) >= 11 is 0. The molecule has 0 spiro atoms. The molecule has 3 rings (SSSR count). The third-order valence-corrected chi connectivity index (χ3v) is 4.01. The molecule has 2 atom stereocenters. The molecule has 1 aliphatic rings. The Kier molecular flexibility index (Phi) is 4.57. The molecule has 1 aromatic heterocycles. The Bertz CT molecular complexity index is 658. The van der Waals surface area contributed by atoms with Gasteiger partial charge in [0.2, 0.25) is 5.89 Å². The number of amides is 2. The van der Waals surface area contributed by atoms with Crippen LogP contribution in [0.25, 0.3) is 0 Å². The van der Waals surface area contributed by atoms with E-state index in [1.165, 1.54) is 0 Å². The van der Waals surface area contributed by atoms with Gasteiger partial charge in [-0.3, -0.25) is 4.90 Å². The number of rotatable bonds is 4. The maximum Gasteiger partial charge on any atom is 0.315 e.